The van der Waals surface area contributed by atoms with Crippen LogP contribution in [-0.4, -0.2) is 40.4 Å². The molecule has 29 heavy (non-hydrogen) atoms. The largest absolute Gasteiger partial charge is 0.310 e. The van der Waals surface area contributed by atoms with Crippen molar-refractivity contribution in [2.75, 3.05) is 25.0 Å². The summed E-state index contributed by atoms with van der Waals surface area (Å²) in [5.74, 6) is -0.00289. The Morgan fingerprint density at radius 1 is 1.24 bits per heavy atom. The van der Waals surface area contributed by atoms with E-state index in [1.807, 2.05) is 12.1 Å². The van der Waals surface area contributed by atoms with Crippen LogP contribution in [0.15, 0.2) is 61.6 Å². The maximum Gasteiger partial charge on any atom is 0.239 e. The van der Waals surface area contributed by atoms with Crippen LogP contribution in [0, 0.1) is 5.82 Å². The third-order valence-corrected chi connectivity index (χ3v) is 4.60. The Morgan fingerprint density at radius 3 is 2.83 bits per heavy atom. The maximum atomic E-state index is 14.5. The summed E-state index contributed by atoms with van der Waals surface area (Å²) in [5.41, 5.74) is 1.17. The molecule has 5 nitrogen and oxygen atoms in total. The number of carbonyl (C=O) groups excluding carboxylic acids is 1. The molecule has 0 saturated carbocycles. The van der Waals surface area contributed by atoms with Crippen LogP contribution in [0.25, 0.3) is 21.9 Å². The van der Waals surface area contributed by atoms with Gasteiger partial charge in [0.1, 0.15) is 11.6 Å². The molecule has 0 saturated heterocycles. The van der Waals surface area contributed by atoms with Crippen LogP contribution in [-0.2, 0) is 4.79 Å². The van der Waals surface area contributed by atoms with Crippen LogP contribution in [0.1, 0.15) is 19.8 Å². The molecule has 1 amide bonds. The van der Waals surface area contributed by atoms with E-state index >= 15 is 0 Å². The van der Waals surface area contributed by atoms with E-state index in [1.165, 1.54) is 6.07 Å². The van der Waals surface area contributed by atoms with Gasteiger partial charge in [-0.05, 0) is 49.0 Å². The Labute approximate surface area is 170 Å². The van der Waals surface area contributed by atoms with Gasteiger partial charge in [-0.2, -0.15) is 0 Å². The Bertz CT molecular complexity index is 991. The number of anilines is 1. The highest BCUT2D eigenvalue weighted by Crippen LogP contribution is 2.28. The number of pyridine rings is 2. The lowest BCUT2D eigenvalue weighted by atomic mass is 10.0. The van der Waals surface area contributed by atoms with E-state index in [0.717, 1.165) is 31.3 Å². The summed E-state index contributed by atoms with van der Waals surface area (Å²) in [6.07, 6.45) is 8.51. The number of rotatable bonds is 9. The van der Waals surface area contributed by atoms with E-state index in [4.69, 9.17) is 0 Å². The summed E-state index contributed by atoms with van der Waals surface area (Å²) < 4.78 is 14.5. The van der Waals surface area contributed by atoms with Gasteiger partial charge in [0, 0.05) is 41.6 Å². The first-order valence-electron chi connectivity index (χ1n) is 9.73. The van der Waals surface area contributed by atoms with Gasteiger partial charge in [-0.25, -0.2) is 9.37 Å². The molecule has 150 valence electrons. The standard InChI is InChI=1S/C23H25FN4O/c1-3-5-10-28(9-4-2)16-23(29)27-22-13-18-11-20(17-7-6-8-25-14-17)21(24)12-19(18)15-26-22/h3,6-8,11-15H,1,4-5,9-10,16H2,2H3,(H,26,27,29). The lowest BCUT2D eigenvalue weighted by Gasteiger charge is -2.20. The summed E-state index contributed by atoms with van der Waals surface area (Å²) in [6, 6.07) is 8.56. The van der Waals surface area contributed by atoms with Gasteiger partial charge in [0.2, 0.25) is 5.91 Å². The molecule has 0 aliphatic rings. The molecule has 1 N–H and O–H groups in total. The molecule has 0 radical (unpaired) electrons. The number of halogens is 1. The van der Waals surface area contributed by atoms with E-state index in [0.29, 0.717) is 28.9 Å². The van der Waals surface area contributed by atoms with Crippen molar-refractivity contribution in [3.8, 4) is 11.1 Å². The van der Waals surface area contributed by atoms with Gasteiger partial charge in [0.15, 0.2) is 0 Å². The molecule has 0 atom stereocenters. The third kappa shape index (κ3) is 5.45. The summed E-state index contributed by atoms with van der Waals surface area (Å²) in [5, 5.41) is 4.32. The number of fused-ring (bicyclic) bond motifs is 1. The predicted octanol–water partition coefficient (Wildman–Crippen LogP) is 4.66. The highest BCUT2D eigenvalue weighted by molar-refractivity contribution is 5.94. The molecule has 0 aliphatic carbocycles. The number of nitrogens with zero attached hydrogens (tertiary/aromatic N) is 3. The van der Waals surface area contributed by atoms with Crippen molar-refractivity contribution in [1.82, 2.24) is 14.9 Å². The third-order valence-electron chi connectivity index (χ3n) is 4.60. The molecule has 0 aliphatic heterocycles. The summed E-state index contributed by atoms with van der Waals surface area (Å²) in [7, 11) is 0. The van der Waals surface area contributed by atoms with E-state index in [9.17, 15) is 9.18 Å². The molecule has 0 unspecified atom stereocenters. The van der Waals surface area contributed by atoms with Crippen molar-refractivity contribution in [2.24, 2.45) is 0 Å². The van der Waals surface area contributed by atoms with Gasteiger partial charge < -0.3 is 5.32 Å². The summed E-state index contributed by atoms with van der Waals surface area (Å²) >= 11 is 0. The van der Waals surface area contributed by atoms with Gasteiger partial charge in [0.25, 0.3) is 0 Å². The SMILES string of the molecule is C=CCCN(CCC)CC(=O)Nc1cc2cc(-c3cccnc3)c(F)cc2cn1. The van der Waals surface area contributed by atoms with Crippen molar-refractivity contribution in [2.45, 2.75) is 19.8 Å². The van der Waals surface area contributed by atoms with E-state index in [1.54, 1.807) is 36.8 Å². The van der Waals surface area contributed by atoms with Crippen LogP contribution < -0.4 is 5.32 Å². The molecule has 1 aromatic carbocycles. The fraction of sp³-hybridized carbons (Fsp3) is 0.261. The molecule has 0 fully saturated rings. The van der Waals surface area contributed by atoms with Crippen molar-refractivity contribution < 1.29 is 9.18 Å². The molecular weight excluding hydrogens is 367 g/mol. The minimum Gasteiger partial charge on any atom is -0.310 e. The number of nitrogens with one attached hydrogen (secondary N) is 1. The zero-order chi connectivity index (χ0) is 20.6. The minimum atomic E-state index is -0.332. The predicted molar refractivity (Wildman–Crippen MR) is 115 cm³/mol. The highest BCUT2D eigenvalue weighted by atomic mass is 19.1. The first-order valence-corrected chi connectivity index (χ1v) is 9.73. The van der Waals surface area contributed by atoms with Crippen molar-refractivity contribution in [3.05, 3.63) is 67.4 Å². The van der Waals surface area contributed by atoms with Crippen LogP contribution in [0.2, 0.25) is 0 Å². The van der Waals surface area contributed by atoms with Gasteiger partial charge in [-0.3, -0.25) is 14.7 Å². The van der Waals surface area contributed by atoms with E-state index < -0.39 is 0 Å². The second-order valence-electron chi connectivity index (χ2n) is 6.89. The average molecular weight is 392 g/mol. The van der Waals surface area contributed by atoms with Crippen LogP contribution >= 0.6 is 0 Å². The average Bonchev–Trinajstić information content (AvgIpc) is 2.72. The maximum absolute atomic E-state index is 14.5. The zero-order valence-electron chi connectivity index (χ0n) is 16.6. The number of hydrogen-bond donors (Lipinski definition) is 1. The zero-order valence-corrected chi connectivity index (χ0v) is 16.6. The quantitative estimate of drug-likeness (QED) is 0.538. The van der Waals surface area contributed by atoms with Gasteiger partial charge in [-0.15, -0.1) is 6.58 Å². The normalized spacial score (nSPS) is 11.0. The van der Waals surface area contributed by atoms with Crippen molar-refractivity contribution in [3.63, 3.8) is 0 Å². The Kier molecular flexibility index (Phi) is 7.03. The van der Waals surface area contributed by atoms with E-state index in [-0.39, 0.29) is 11.7 Å². The topological polar surface area (TPSA) is 58.1 Å². The molecule has 2 heterocycles. The molecule has 0 bridgehead atoms. The summed E-state index contributed by atoms with van der Waals surface area (Å²) in [6.45, 7) is 7.76. The first kappa shape index (κ1) is 20.6. The second-order valence-corrected chi connectivity index (χ2v) is 6.89. The Balaban J connectivity index is 1.78. The molecule has 3 aromatic rings. The Morgan fingerprint density at radius 2 is 2.10 bits per heavy atom. The van der Waals surface area contributed by atoms with Crippen LogP contribution in [0.3, 0.4) is 0 Å². The summed E-state index contributed by atoms with van der Waals surface area (Å²) in [4.78, 5) is 22.9. The second kappa shape index (κ2) is 9.89. The van der Waals surface area contributed by atoms with E-state index in [2.05, 4.69) is 33.7 Å². The van der Waals surface area contributed by atoms with Crippen molar-refractivity contribution >= 4 is 22.5 Å². The fourth-order valence-electron chi connectivity index (χ4n) is 3.22. The highest BCUT2D eigenvalue weighted by Gasteiger charge is 2.12. The number of aromatic nitrogens is 2. The number of benzene rings is 1. The smallest absolute Gasteiger partial charge is 0.239 e. The molecule has 0 spiro atoms. The Hall–Kier alpha value is -3.12. The number of carbonyl (C=O) groups is 1. The van der Waals surface area contributed by atoms with Crippen LogP contribution in [0.4, 0.5) is 10.2 Å². The van der Waals surface area contributed by atoms with Gasteiger partial charge in [-0.1, -0.05) is 19.1 Å². The number of amides is 1. The fourth-order valence-corrected chi connectivity index (χ4v) is 3.22. The molecule has 6 heteroatoms. The van der Waals surface area contributed by atoms with Gasteiger partial charge in [0.05, 0.1) is 6.54 Å². The lowest BCUT2D eigenvalue weighted by Crippen LogP contribution is -2.34. The lowest BCUT2D eigenvalue weighted by molar-refractivity contribution is -0.117. The van der Waals surface area contributed by atoms with Gasteiger partial charge >= 0.3 is 0 Å². The number of hydrogen-bond acceptors (Lipinski definition) is 4. The monoisotopic (exact) mass is 392 g/mol. The van der Waals surface area contributed by atoms with Crippen molar-refractivity contribution in [1.29, 1.82) is 0 Å². The minimum absolute atomic E-state index is 0.121. The molecular formula is C23H25FN4O. The molecule has 2 aromatic heterocycles. The first-order chi connectivity index (χ1) is 14.1. The van der Waals surface area contributed by atoms with Crippen LogP contribution in [0.5, 0.6) is 0 Å². The molecule has 3 rings (SSSR count).